The summed E-state index contributed by atoms with van der Waals surface area (Å²) in [6, 6.07) is 6.31. The first-order valence-corrected chi connectivity index (χ1v) is 12.9. The van der Waals surface area contributed by atoms with Gasteiger partial charge >= 0.3 is 5.69 Å². The SMILES string of the molecule is COc1cc(-c2csc(=NC3CCCCC3)n2N=Cc2cc(Cl)cc([N+](=O)[O-])c2O)cc(OC)c1OC. The Hall–Kier alpha value is -3.57. The Labute approximate surface area is 222 Å². The largest absolute Gasteiger partial charge is 0.502 e. The number of nitrogens with zero attached hydrogens (tertiary/aromatic N) is 4. The normalized spacial score (nSPS) is 14.8. The molecule has 1 saturated carbocycles. The Kier molecular flexibility index (Phi) is 8.34. The molecule has 0 bridgehead atoms. The highest BCUT2D eigenvalue weighted by Gasteiger charge is 2.20. The number of nitro groups is 1. The molecule has 37 heavy (non-hydrogen) atoms. The summed E-state index contributed by atoms with van der Waals surface area (Å²) in [5.74, 6) is 0.899. The monoisotopic (exact) mass is 546 g/mol. The van der Waals surface area contributed by atoms with Crippen LogP contribution >= 0.6 is 22.9 Å². The number of hydrogen-bond acceptors (Lipinski definition) is 9. The van der Waals surface area contributed by atoms with Gasteiger partial charge in [0.1, 0.15) is 0 Å². The third-order valence-electron chi connectivity index (χ3n) is 6.11. The Morgan fingerprint density at radius 2 is 1.78 bits per heavy atom. The van der Waals surface area contributed by atoms with Gasteiger partial charge in [-0.15, -0.1) is 11.3 Å². The van der Waals surface area contributed by atoms with Crippen molar-refractivity contribution >= 4 is 34.8 Å². The Bertz CT molecular complexity index is 1370. The van der Waals surface area contributed by atoms with Crippen molar-refractivity contribution in [2.75, 3.05) is 21.3 Å². The van der Waals surface area contributed by atoms with Crippen LogP contribution in [0.2, 0.25) is 5.02 Å². The maximum Gasteiger partial charge on any atom is 0.312 e. The van der Waals surface area contributed by atoms with Crippen molar-refractivity contribution in [3.63, 3.8) is 0 Å². The van der Waals surface area contributed by atoms with Gasteiger partial charge in [0.15, 0.2) is 11.5 Å². The summed E-state index contributed by atoms with van der Waals surface area (Å²) in [6.07, 6.45) is 6.80. The quantitative estimate of drug-likeness (QED) is 0.222. The van der Waals surface area contributed by atoms with Crippen molar-refractivity contribution in [3.05, 3.63) is 55.1 Å². The molecule has 0 radical (unpaired) electrons. The molecule has 0 unspecified atom stereocenters. The van der Waals surface area contributed by atoms with E-state index in [0.29, 0.717) is 27.7 Å². The number of phenolic OH excluding ortho intramolecular Hbond substituents is 1. The molecule has 2 aromatic carbocycles. The number of aromatic hydroxyl groups is 1. The summed E-state index contributed by atoms with van der Waals surface area (Å²) in [7, 11) is 4.62. The smallest absolute Gasteiger partial charge is 0.312 e. The van der Waals surface area contributed by atoms with Crippen LogP contribution in [-0.2, 0) is 0 Å². The van der Waals surface area contributed by atoms with Gasteiger partial charge in [0.2, 0.25) is 16.3 Å². The van der Waals surface area contributed by atoms with Crippen molar-refractivity contribution in [2.24, 2.45) is 10.1 Å². The highest BCUT2D eigenvalue weighted by Crippen LogP contribution is 2.41. The number of rotatable bonds is 8. The van der Waals surface area contributed by atoms with Crippen LogP contribution in [0, 0.1) is 10.1 Å². The number of phenols is 1. The second-order valence-corrected chi connectivity index (χ2v) is 9.69. The van der Waals surface area contributed by atoms with Crippen molar-refractivity contribution in [1.82, 2.24) is 4.68 Å². The second kappa shape index (κ2) is 11.7. The maximum atomic E-state index is 11.3. The fourth-order valence-corrected chi connectivity index (χ4v) is 5.39. The molecule has 0 amide bonds. The molecule has 1 aliphatic carbocycles. The molecular weight excluding hydrogens is 520 g/mol. The van der Waals surface area contributed by atoms with E-state index in [9.17, 15) is 15.2 Å². The van der Waals surface area contributed by atoms with E-state index in [0.717, 1.165) is 37.3 Å². The standard InChI is InChI=1S/C25H27ClN4O6S/c1-34-21-10-15(11-22(35-2)24(21)36-3)20-14-37-25(28-18-7-5-4-6-8-18)29(20)27-13-16-9-17(26)12-19(23(16)31)30(32)33/h9-14,18,31H,4-8H2,1-3H3. The number of hydrogen-bond donors (Lipinski definition) is 1. The van der Waals surface area contributed by atoms with Crippen LogP contribution in [0.5, 0.6) is 23.0 Å². The van der Waals surface area contributed by atoms with E-state index < -0.39 is 16.4 Å². The lowest BCUT2D eigenvalue weighted by Gasteiger charge is -2.17. The molecule has 0 atom stereocenters. The predicted molar refractivity (Wildman–Crippen MR) is 143 cm³/mol. The lowest BCUT2D eigenvalue weighted by molar-refractivity contribution is -0.385. The second-order valence-electron chi connectivity index (χ2n) is 8.41. The molecule has 4 rings (SSSR count). The van der Waals surface area contributed by atoms with Crippen molar-refractivity contribution < 1.29 is 24.2 Å². The summed E-state index contributed by atoms with van der Waals surface area (Å²) in [4.78, 5) is 16.3. The van der Waals surface area contributed by atoms with E-state index in [1.165, 1.54) is 37.1 Å². The lowest BCUT2D eigenvalue weighted by atomic mass is 9.96. The molecule has 1 aliphatic rings. The van der Waals surface area contributed by atoms with Crippen molar-refractivity contribution in [3.8, 4) is 34.3 Å². The summed E-state index contributed by atoms with van der Waals surface area (Å²) < 4.78 is 18.1. The summed E-state index contributed by atoms with van der Waals surface area (Å²) >= 11 is 7.49. The van der Waals surface area contributed by atoms with E-state index in [1.807, 2.05) is 17.5 Å². The molecule has 3 aromatic rings. The molecule has 1 aromatic heterocycles. The third kappa shape index (κ3) is 5.72. The minimum Gasteiger partial charge on any atom is -0.502 e. The zero-order chi connectivity index (χ0) is 26.5. The van der Waals surface area contributed by atoms with E-state index >= 15 is 0 Å². The van der Waals surface area contributed by atoms with Crippen LogP contribution in [0.3, 0.4) is 0 Å². The molecule has 1 heterocycles. The van der Waals surface area contributed by atoms with Gasteiger partial charge in [-0.05, 0) is 31.0 Å². The third-order valence-corrected chi connectivity index (χ3v) is 7.16. The molecule has 0 saturated heterocycles. The van der Waals surface area contributed by atoms with Gasteiger partial charge in [-0.25, -0.2) is 4.68 Å². The van der Waals surface area contributed by atoms with Gasteiger partial charge in [-0.1, -0.05) is 30.9 Å². The molecule has 1 fully saturated rings. The van der Waals surface area contributed by atoms with Gasteiger partial charge in [-0.3, -0.25) is 15.1 Å². The zero-order valence-electron chi connectivity index (χ0n) is 20.6. The number of halogens is 1. The van der Waals surface area contributed by atoms with E-state index in [1.54, 1.807) is 18.9 Å². The van der Waals surface area contributed by atoms with Crippen LogP contribution in [-0.4, -0.2) is 48.3 Å². The van der Waals surface area contributed by atoms with Crippen LogP contribution in [0.1, 0.15) is 37.7 Å². The van der Waals surface area contributed by atoms with Gasteiger partial charge < -0.3 is 19.3 Å². The topological polar surface area (TPSA) is 121 Å². The first-order chi connectivity index (χ1) is 17.9. The number of ether oxygens (including phenoxy) is 3. The van der Waals surface area contributed by atoms with Gasteiger partial charge in [-0.2, -0.15) is 5.10 Å². The molecule has 0 aliphatic heterocycles. The number of nitro benzene ring substituents is 1. The Balaban J connectivity index is 1.88. The first-order valence-electron chi connectivity index (χ1n) is 11.6. The molecule has 196 valence electrons. The number of thiazole rings is 1. The van der Waals surface area contributed by atoms with Gasteiger partial charge in [0.05, 0.1) is 44.2 Å². The molecule has 10 nitrogen and oxygen atoms in total. The molecule has 1 N–H and O–H groups in total. The van der Waals surface area contributed by atoms with Crippen LogP contribution in [0.4, 0.5) is 5.69 Å². The maximum absolute atomic E-state index is 11.3. The van der Waals surface area contributed by atoms with Crippen molar-refractivity contribution in [1.29, 1.82) is 0 Å². The van der Waals surface area contributed by atoms with Gasteiger partial charge in [0, 0.05) is 27.6 Å². The minimum atomic E-state index is -0.693. The Morgan fingerprint density at radius 3 is 2.38 bits per heavy atom. The highest BCUT2D eigenvalue weighted by atomic mass is 35.5. The van der Waals surface area contributed by atoms with Crippen LogP contribution in [0.15, 0.2) is 39.7 Å². The lowest BCUT2D eigenvalue weighted by Crippen LogP contribution is -2.19. The number of benzene rings is 2. The van der Waals surface area contributed by atoms with Gasteiger partial charge in [0.25, 0.3) is 0 Å². The Morgan fingerprint density at radius 1 is 1.11 bits per heavy atom. The van der Waals surface area contributed by atoms with E-state index in [2.05, 4.69) is 5.10 Å². The van der Waals surface area contributed by atoms with E-state index in [4.69, 9.17) is 30.8 Å². The van der Waals surface area contributed by atoms with Crippen LogP contribution < -0.4 is 19.0 Å². The van der Waals surface area contributed by atoms with Crippen molar-refractivity contribution in [2.45, 2.75) is 38.1 Å². The zero-order valence-corrected chi connectivity index (χ0v) is 22.2. The fourth-order valence-electron chi connectivity index (χ4n) is 4.26. The number of aromatic nitrogens is 1. The molecular formula is C25H27ClN4O6S. The first kappa shape index (κ1) is 26.5. The summed E-state index contributed by atoms with van der Waals surface area (Å²) in [6.45, 7) is 0. The molecule has 12 heteroatoms. The molecule has 0 spiro atoms. The van der Waals surface area contributed by atoms with E-state index in [-0.39, 0.29) is 16.6 Å². The summed E-state index contributed by atoms with van der Waals surface area (Å²) in [5, 5.41) is 28.4. The highest BCUT2D eigenvalue weighted by molar-refractivity contribution is 7.07. The minimum absolute atomic E-state index is 0.109. The predicted octanol–water partition coefficient (Wildman–Crippen LogP) is 5.63. The number of methoxy groups -OCH3 is 3. The fraction of sp³-hybridized carbons (Fsp3) is 0.360. The summed E-state index contributed by atoms with van der Waals surface area (Å²) in [5.41, 5.74) is 1.03. The van der Waals surface area contributed by atoms with Crippen LogP contribution in [0.25, 0.3) is 11.3 Å². The average Bonchev–Trinajstić information content (AvgIpc) is 3.30. The average molecular weight is 547 g/mol.